The summed E-state index contributed by atoms with van der Waals surface area (Å²) in [5.74, 6) is -0.684. The van der Waals surface area contributed by atoms with Crippen molar-refractivity contribution in [3.8, 4) is 10.6 Å². The maximum absolute atomic E-state index is 12.5. The summed E-state index contributed by atoms with van der Waals surface area (Å²) in [6, 6.07) is 8.95. The van der Waals surface area contributed by atoms with Crippen LogP contribution in [0.15, 0.2) is 39.5 Å². The Kier molecular flexibility index (Phi) is 4.45. The molecule has 4 aromatic rings. The first-order chi connectivity index (χ1) is 14.4. The second-order valence-electron chi connectivity index (χ2n) is 7.42. The minimum absolute atomic E-state index is 0.306. The number of aromatic nitrogens is 4. The molecule has 2 N–H and O–H groups in total. The lowest BCUT2D eigenvalue weighted by molar-refractivity contribution is -0.158. The van der Waals surface area contributed by atoms with E-state index >= 15 is 0 Å². The SMILES string of the molecule is CC1(C)O[C@H]([C@H](O)CO)[C@@H](c2nnc3sc(-c4cc5ccccc5oc4=O)nn23)O1. The molecule has 156 valence electrons. The summed E-state index contributed by atoms with van der Waals surface area (Å²) in [7, 11) is 0. The highest BCUT2D eigenvalue weighted by atomic mass is 32.1. The van der Waals surface area contributed by atoms with Crippen molar-refractivity contribution in [2.24, 2.45) is 0 Å². The Balaban J connectivity index is 1.59. The topological polar surface area (TPSA) is 132 Å². The summed E-state index contributed by atoms with van der Waals surface area (Å²) in [5.41, 5.74) is 0.302. The second kappa shape index (κ2) is 6.93. The van der Waals surface area contributed by atoms with Gasteiger partial charge < -0.3 is 24.1 Å². The molecule has 10 nitrogen and oxygen atoms in total. The molecular weight excluding hydrogens is 412 g/mol. The van der Waals surface area contributed by atoms with Crippen LogP contribution in [0.3, 0.4) is 0 Å². The van der Waals surface area contributed by atoms with Crippen LogP contribution in [-0.2, 0) is 9.47 Å². The van der Waals surface area contributed by atoms with Crippen molar-refractivity contribution in [2.45, 2.75) is 37.9 Å². The van der Waals surface area contributed by atoms with Gasteiger partial charge in [-0.25, -0.2) is 4.79 Å². The first kappa shape index (κ1) is 19.3. The van der Waals surface area contributed by atoms with Crippen molar-refractivity contribution in [1.29, 1.82) is 0 Å². The quantitative estimate of drug-likeness (QED) is 0.462. The summed E-state index contributed by atoms with van der Waals surface area (Å²) in [6.07, 6.45) is -2.83. The van der Waals surface area contributed by atoms with Crippen molar-refractivity contribution in [3.05, 3.63) is 46.6 Å². The summed E-state index contributed by atoms with van der Waals surface area (Å²) >= 11 is 1.18. The molecule has 4 heterocycles. The van der Waals surface area contributed by atoms with Gasteiger partial charge in [0.1, 0.15) is 17.8 Å². The summed E-state index contributed by atoms with van der Waals surface area (Å²) in [6.45, 7) is 2.91. The van der Waals surface area contributed by atoms with E-state index in [4.69, 9.17) is 13.9 Å². The van der Waals surface area contributed by atoms with Crippen LogP contribution >= 0.6 is 11.3 Å². The van der Waals surface area contributed by atoms with E-state index in [1.165, 1.54) is 15.9 Å². The largest absolute Gasteiger partial charge is 0.422 e. The smallest absolute Gasteiger partial charge is 0.346 e. The van der Waals surface area contributed by atoms with Crippen LogP contribution in [0.1, 0.15) is 25.8 Å². The lowest BCUT2D eigenvalue weighted by Crippen LogP contribution is -2.35. The van der Waals surface area contributed by atoms with E-state index in [0.717, 1.165) is 5.39 Å². The number of hydrogen-bond acceptors (Lipinski definition) is 10. The molecular formula is C19H18N4O6S. The average Bonchev–Trinajstić information content (AvgIpc) is 3.38. The number of aliphatic hydroxyl groups excluding tert-OH is 2. The van der Waals surface area contributed by atoms with Crippen LogP contribution in [0.5, 0.6) is 0 Å². The third-order valence-electron chi connectivity index (χ3n) is 4.84. The third kappa shape index (κ3) is 3.11. The number of aliphatic hydroxyl groups is 2. The lowest BCUT2D eigenvalue weighted by Gasteiger charge is -2.19. The van der Waals surface area contributed by atoms with Crippen LogP contribution in [0.2, 0.25) is 0 Å². The predicted octanol–water partition coefficient (Wildman–Crippen LogP) is 1.50. The Morgan fingerprint density at radius 2 is 2.07 bits per heavy atom. The molecule has 1 fully saturated rings. The molecule has 0 bridgehead atoms. The van der Waals surface area contributed by atoms with Crippen molar-refractivity contribution >= 4 is 27.3 Å². The van der Waals surface area contributed by atoms with E-state index in [1.54, 1.807) is 32.0 Å². The van der Waals surface area contributed by atoms with Crippen molar-refractivity contribution in [2.75, 3.05) is 6.61 Å². The van der Waals surface area contributed by atoms with Crippen molar-refractivity contribution in [1.82, 2.24) is 19.8 Å². The Hall–Kier alpha value is -2.70. The van der Waals surface area contributed by atoms with E-state index in [9.17, 15) is 15.0 Å². The molecule has 1 aliphatic rings. The Morgan fingerprint density at radius 1 is 1.27 bits per heavy atom. The molecule has 0 spiro atoms. The molecule has 0 aliphatic carbocycles. The molecule has 0 unspecified atom stereocenters. The van der Waals surface area contributed by atoms with Gasteiger partial charge in [0.15, 0.2) is 22.7 Å². The van der Waals surface area contributed by atoms with E-state index in [0.29, 0.717) is 26.9 Å². The van der Waals surface area contributed by atoms with Crippen molar-refractivity contribution in [3.63, 3.8) is 0 Å². The third-order valence-corrected chi connectivity index (χ3v) is 5.77. The average molecular weight is 430 g/mol. The van der Waals surface area contributed by atoms with E-state index < -0.39 is 36.3 Å². The standard InChI is InChI=1S/C19H18N4O6S/c1-19(2)28-13(11(25)8-24)14(29-19)15-20-21-18-23(15)22-16(30-18)10-7-9-5-3-4-6-12(9)27-17(10)26/h3-7,11,13-14,24-25H,8H2,1-2H3/t11-,13-,14+/m1/s1. The number of benzene rings is 1. The van der Waals surface area contributed by atoms with Gasteiger partial charge in [-0.15, -0.1) is 10.2 Å². The van der Waals surface area contributed by atoms with Gasteiger partial charge in [-0.1, -0.05) is 29.5 Å². The number of ether oxygens (including phenoxy) is 2. The van der Waals surface area contributed by atoms with E-state index in [2.05, 4.69) is 15.3 Å². The van der Waals surface area contributed by atoms with Gasteiger partial charge in [0.2, 0.25) is 4.96 Å². The molecule has 11 heteroatoms. The molecule has 0 saturated carbocycles. The van der Waals surface area contributed by atoms with Gasteiger partial charge in [-0.05, 0) is 26.0 Å². The molecule has 0 radical (unpaired) electrons. The zero-order chi connectivity index (χ0) is 21.0. The van der Waals surface area contributed by atoms with E-state index in [-0.39, 0.29) is 0 Å². The maximum Gasteiger partial charge on any atom is 0.346 e. The van der Waals surface area contributed by atoms with Gasteiger partial charge in [-0.3, -0.25) is 0 Å². The minimum atomic E-state index is -1.17. The highest BCUT2D eigenvalue weighted by Gasteiger charge is 2.47. The van der Waals surface area contributed by atoms with Crippen LogP contribution in [0.4, 0.5) is 0 Å². The summed E-state index contributed by atoms with van der Waals surface area (Å²) in [4.78, 5) is 12.9. The molecule has 5 rings (SSSR count). The molecule has 1 aromatic carbocycles. The lowest BCUT2D eigenvalue weighted by atomic mass is 10.1. The van der Waals surface area contributed by atoms with Gasteiger partial charge in [0.05, 0.1) is 12.2 Å². The summed E-state index contributed by atoms with van der Waals surface area (Å²) < 4.78 is 18.5. The minimum Gasteiger partial charge on any atom is -0.422 e. The Bertz CT molecular complexity index is 1300. The van der Waals surface area contributed by atoms with Gasteiger partial charge in [0.25, 0.3) is 0 Å². The highest BCUT2D eigenvalue weighted by Crippen LogP contribution is 2.39. The van der Waals surface area contributed by atoms with Crippen LogP contribution in [0.25, 0.3) is 26.5 Å². The van der Waals surface area contributed by atoms with Crippen molar-refractivity contribution < 1.29 is 24.1 Å². The number of fused-ring (bicyclic) bond motifs is 2. The molecule has 0 amide bonds. The molecule has 30 heavy (non-hydrogen) atoms. The Labute approximate surface area is 173 Å². The highest BCUT2D eigenvalue weighted by molar-refractivity contribution is 7.19. The first-order valence-corrected chi connectivity index (χ1v) is 10.1. The second-order valence-corrected chi connectivity index (χ2v) is 8.37. The number of hydrogen-bond donors (Lipinski definition) is 2. The Morgan fingerprint density at radius 3 is 2.87 bits per heavy atom. The van der Waals surface area contributed by atoms with Crippen LogP contribution < -0.4 is 5.63 Å². The fourth-order valence-electron chi connectivity index (χ4n) is 3.50. The maximum atomic E-state index is 12.5. The van der Waals surface area contributed by atoms with Crippen LogP contribution in [-0.4, -0.2) is 54.6 Å². The number of rotatable bonds is 4. The molecule has 3 aromatic heterocycles. The van der Waals surface area contributed by atoms with Gasteiger partial charge in [-0.2, -0.15) is 9.61 Å². The molecule has 3 atom stereocenters. The monoisotopic (exact) mass is 430 g/mol. The summed E-state index contributed by atoms with van der Waals surface area (Å²) in [5, 5.41) is 33.5. The van der Waals surface area contributed by atoms with Gasteiger partial charge in [0, 0.05) is 5.39 Å². The number of para-hydroxylation sites is 1. The van der Waals surface area contributed by atoms with E-state index in [1.807, 2.05) is 12.1 Å². The fourth-order valence-corrected chi connectivity index (χ4v) is 4.35. The zero-order valence-electron chi connectivity index (χ0n) is 16.1. The predicted molar refractivity (Wildman–Crippen MR) is 106 cm³/mol. The first-order valence-electron chi connectivity index (χ1n) is 9.26. The molecule has 1 saturated heterocycles. The zero-order valence-corrected chi connectivity index (χ0v) is 16.9. The number of nitrogens with zero attached hydrogens (tertiary/aromatic N) is 4. The van der Waals surface area contributed by atoms with Crippen LogP contribution in [0, 0.1) is 0 Å². The fraction of sp³-hybridized carbons (Fsp3) is 0.368. The molecule has 1 aliphatic heterocycles. The normalized spacial score (nSPS) is 22.1. The van der Waals surface area contributed by atoms with Gasteiger partial charge >= 0.3 is 5.63 Å².